The van der Waals surface area contributed by atoms with Crippen LogP contribution in [-0.2, 0) is 17.8 Å². The maximum absolute atomic E-state index is 12.3. The van der Waals surface area contributed by atoms with E-state index in [9.17, 15) is 4.79 Å². The fraction of sp³-hybridized carbons (Fsp3) is 0.278. The first-order valence-corrected chi connectivity index (χ1v) is 7.37. The number of nitrogens with zero attached hydrogens (tertiary/aromatic N) is 1. The Morgan fingerprint density at radius 3 is 2.68 bits per heavy atom. The van der Waals surface area contributed by atoms with E-state index in [1.54, 1.807) is 7.11 Å². The third kappa shape index (κ3) is 3.22. The Kier molecular flexibility index (Phi) is 4.28. The molecule has 0 spiro atoms. The highest BCUT2D eigenvalue weighted by Gasteiger charge is 2.21. The second-order valence-corrected chi connectivity index (χ2v) is 5.30. The highest BCUT2D eigenvalue weighted by atomic mass is 16.5. The highest BCUT2D eigenvalue weighted by Crippen LogP contribution is 2.23. The van der Waals surface area contributed by atoms with E-state index < -0.39 is 0 Å². The number of hydrogen-bond acceptors (Lipinski definition) is 3. The first-order chi connectivity index (χ1) is 10.8. The van der Waals surface area contributed by atoms with Crippen LogP contribution in [0.15, 0.2) is 48.5 Å². The fourth-order valence-electron chi connectivity index (χ4n) is 2.62. The van der Waals surface area contributed by atoms with E-state index in [0.717, 1.165) is 24.5 Å². The van der Waals surface area contributed by atoms with Gasteiger partial charge in [-0.15, -0.1) is 0 Å². The maximum Gasteiger partial charge on any atom is 0.260 e. The zero-order valence-electron chi connectivity index (χ0n) is 12.6. The fourth-order valence-corrected chi connectivity index (χ4v) is 2.62. The summed E-state index contributed by atoms with van der Waals surface area (Å²) in [5, 5.41) is 0. The number of ether oxygens (including phenoxy) is 2. The Morgan fingerprint density at radius 1 is 1.09 bits per heavy atom. The number of para-hydroxylation sites is 1. The van der Waals surface area contributed by atoms with E-state index in [-0.39, 0.29) is 12.5 Å². The van der Waals surface area contributed by atoms with Gasteiger partial charge in [0.2, 0.25) is 0 Å². The summed E-state index contributed by atoms with van der Waals surface area (Å²) in [6, 6.07) is 15.4. The van der Waals surface area contributed by atoms with E-state index >= 15 is 0 Å². The van der Waals surface area contributed by atoms with Crippen molar-refractivity contribution in [2.24, 2.45) is 0 Å². The molecule has 1 heterocycles. The molecule has 2 aromatic rings. The van der Waals surface area contributed by atoms with Crippen molar-refractivity contribution in [1.82, 2.24) is 4.90 Å². The van der Waals surface area contributed by atoms with Gasteiger partial charge >= 0.3 is 0 Å². The second kappa shape index (κ2) is 6.52. The summed E-state index contributed by atoms with van der Waals surface area (Å²) in [5.74, 6) is 1.61. The molecule has 0 aliphatic carbocycles. The molecule has 0 N–H and O–H groups in total. The minimum atomic E-state index is 0.0188. The summed E-state index contributed by atoms with van der Waals surface area (Å²) >= 11 is 0. The number of carbonyl (C=O) groups excluding carboxylic acids is 1. The number of hydrogen-bond donors (Lipinski definition) is 0. The van der Waals surface area contributed by atoms with Crippen molar-refractivity contribution < 1.29 is 14.3 Å². The normalized spacial score (nSPS) is 13.4. The van der Waals surface area contributed by atoms with E-state index in [0.29, 0.717) is 6.54 Å². The van der Waals surface area contributed by atoms with Gasteiger partial charge in [0.25, 0.3) is 5.91 Å². The van der Waals surface area contributed by atoms with Gasteiger partial charge in [0.15, 0.2) is 6.61 Å². The van der Waals surface area contributed by atoms with Crippen LogP contribution in [-0.4, -0.2) is 31.1 Å². The molecule has 0 radical (unpaired) electrons. The molecule has 0 atom stereocenters. The zero-order valence-corrected chi connectivity index (χ0v) is 12.6. The molecule has 22 heavy (non-hydrogen) atoms. The highest BCUT2D eigenvalue weighted by molar-refractivity contribution is 5.78. The van der Waals surface area contributed by atoms with Gasteiger partial charge in [-0.3, -0.25) is 4.79 Å². The Hall–Kier alpha value is -2.49. The Labute approximate surface area is 130 Å². The predicted octanol–water partition coefficient (Wildman–Crippen LogP) is 2.66. The first kappa shape index (κ1) is 14.4. The molecule has 1 amide bonds. The van der Waals surface area contributed by atoms with Gasteiger partial charge in [-0.05, 0) is 41.8 Å². The molecule has 0 saturated heterocycles. The van der Waals surface area contributed by atoms with Crippen molar-refractivity contribution >= 4 is 5.91 Å². The van der Waals surface area contributed by atoms with Gasteiger partial charge in [-0.1, -0.05) is 24.3 Å². The molecule has 0 unspecified atom stereocenters. The van der Waals surface area contributed by atoms with Crippen LogP contribution in [0.1, 0.15) is 11.1 Å². The molecule has 4 nitrogen and oxygen atoms in total. The van der Waals surface area contributed by atoms with E-state index in [2.05, 4.69) is 6.07 Å². The van der Waals surface area contributed by atoms with Gasteiger partial charge in [-0.25, -0.2) is 0 Å². The standard InChI is InChI=1S/C18H19NO3/c1-21-17-8-7-15-12-19(10-9-14(15)11-17)18(20)13-22-16-5-3-2-4-6-16/h2-8,11H,9-10,12-13H2,1H3. The topological polar surface area (TPSA) is 38.8 Å². The smallest absolute Gasteiger partial charge is 0.260 e. The lowest BCUT2D eigenvalue weighted by atomic mass is 9.99. The SMILES string of the molecule is COc1ccc2c(c1)CCN(C(=O)COc1ccccc1)C2. The summed E-state index contributed by atoms with van der Waals surface area (Å²) in [5.41, 5.74) is 2.44. The predicted molar refractivity (Wildman–Crippen MR) is 84.1 cm³/mol. The average Bonchev–Trinajstić information content (AvgIpc) is 2.59. The molecular formula is C18H19NO3. The van der Waals surface area contributed by atoms with Crippen LogP contribution in [0.4, 0.5) is 0 Å². The van der Waals surface area contributed by atoms with Crippen LogP contribution in [0.25, 0.3) is 0 Å². The van der Waals surface area contributed by atoms with Gasteiger partial charge in [-0.2, -0.15) is 0 Å². The van der Waals surface area contributed by atoms with Crippen molar-refractivity contribution in [3.8, 4) is 11.5 Å². The number of rotatable bonds is 4. The maximum atomic E-state index is 12.3. The molecule has 0 aromatic heterocycles. The van der Waals surface area contributed by atoms with Crippen LogP contribution < -0.4 is 9.47 Å². The van der Waals surface area contributed by atoms with E-state index in [4.69, 9.17) is 9.47 Å². The molecule has 0 saturated carbocycles. The number of amides is 1. The molecule has 0 bridgehead atoms. The monoisotopic (exact) mass is 297 g/mol. The number of benzene rings is 2. The van der Waals surface area contributed by atoms with Crippen LogP contribution in [0.5, 0.6) is 11.5 Å². The van der Waals surface area contributed by atoms with Crippen molar-refractivity contribution in [2.75, 3.05) is 20.3 Å². The third-order valence-corrected chi connectivity index (χ3v) is 3.88. The molecule has 1 aliphatic rings. The minimum absolute atomic E-state index is 0.0188. The molecule has 4 heteroatoms. The first-order valence-electron chi connectivity index (χ1n) is 7.37. The Morgan fingerprint density at radius 2 is 1.91 bits per heavy atom. The Balaban J connectivity index is 1.60. The van der Waals surface area contributed by atoms with Gasteiger partial charge in [0, 0.05) is 13.1 Å². The number of carbonyl (C=O) groups is 1. The van der Waals surface area contributed by atoms with Crippen LogP contribution in [0.3, 0.4) is 0 Å². The molecule has 3 rings (SSSR count). The largest absolute Gasteiger partial charge is 0.497 e. The van der Waals surface area contributed by atoms with Crippen molar-refractivity contribution in [1.29, 1.82) is 0 Å². The van der Waals surface area contributed by atoms with Crippen molar-refractivity contribution in [3.63, 3.8) is 0 Å². The summed E-state index contributed by atoms with van der Waals surface area (Å²) in [6.45, 7) is 1.43. The van der Waals surface area contributed by atoms with Gasteiger partial charge < -0.3 is 14.4 Å². The van der Waals surface area contributed by atoms with Crippen molar-refractivity contribution in [2.45, 2.75) is 13.0 Å². The van der Waals surface area contributed by atoms with Crippen LogP contribution in [0.2, 0.25) is 0 Å². The molecule has 1 aliphatic heterocycles. The molecule has 0 fully saturated rings. The zero-order chi connectivity index (χ0) is 15.4. The average molecular weight is 297 g/mol. The lowest BCUT2D eigenvalue weighted by Gasteiger charge is -2.29. The lowest BCUT2D eigenvalue weighted by molar-refractivity contribution is -0.134. The third-order valence-electron chi connectivity index (χ3n) is 3.88. The van der Waals surface area contributed by atoms with Gasteiger partial charge in [0.05, 0.1) is 7.11 Å². The molecule has 114 valence electrons. The number of fused-ring (bicyclic) bond motifs is 1. The molecule has 2 aromatic carbocycles. The second-order valence-electron chi connectivity index (χ2n) is 5.30. The molecular weight excluding hydrogens is 278 g/mol. The summed E-state index contributed by atoms with van der Waals surface area (Å²) < 4.78 is 10.8. The summed E-state index contributed by atoms with van der Waals surface area (Å²) in [6.07, 6.45) is 0.851. The van der Waals surface area contributed by atoms with Crippen LogP contribution in [0, 0.1) is 0 Å². The minimum Gasteiger partial charge on any atom is -0.497 e. The van der Waals surface area contributed by atoms with Crippen LogP contribution >= 0.6 is 0 Å². The lowest BCUT2D eigenvalue weighted by Crippen LogP contribution is -2.38. The summed E-state index contributed by atoms with van der Waals surface area (Å²) in [7, 11) is 1.67. The summed E-state index contributed by atoms with van der Waals surface area (Å²) in [4.78, 5) is 14.1. The van der Waals surface area contributed by atoms with Gasteiger partial charge in [0.1, 0.15) is 11.5 Å². The Bertz CT molecular complexity index is 655. The quantitative estimate of drug-likeness (QED) is 0.871. The van der Waals surface area contributed by atoms with E-state index in [1.165, 1.54) is 11.1 Å². The van der Waals surface area contributed by atoms with E-state index in [1.807, 2.05) is 47.4 Å². The van der Waals surface area contributed by atoms with Crippen molar-refractivity contribution in [3.05, 3.63) is 59.7 Å². The number of methoxy groups -OCH3 is 1.